The van der Waals surface area contributed by atoms with Crippen molar-refractivity contribution >= 4 is 11.7 Å². The summed E-state index contributed by atoms with van der Waals surface area (Å²) in [7, 11) is 0. The average Bonchev–Trinajstić information content (AvgIpc) is 2.21. The predicted octanol–water partition coefficient (Wildman–Crippen LogP) is -0.401. The van der Waals surface area contributed by atoms with Gasteiger partial charge in [0.25, 0.3) is 5.90 Å². The third-order valence-electron chi connectivity index (χ3n) is 1.14. The Kier molecular flexibility index (Phi) is 1.65. The monoisotopic (exact) mass is 165 g/mol. The second-order valence-electron chi connectivity index (χ2n) is 1.89. The third-order valence-corrected chi connectivity index (χ3v) is 1.14. The Balaban J connectivity index is 2.17. The van der Waals surface area contributed by atoms with Gasteiger partial charge in [-0.05, 0) is 0 Å². The molecule has 2 aliphatic rings. The molecule has 12 heavy (non-hydrogen) atoms. The maximum Gasteiger partial charge on any atom is 0.291 e. The molecule has 0 aromatic carbocycles. The van der Waals surface area contributed by atoms with Crippen molar-refractivity contribution in [3.05, 3.63) is 24.9 Å². The van der Waals surface area contributed by atoms with Crippen LogP contribution >= 0.6 is 0 Å². The molecule has 1 radical (unpaired) electrons. The van der Waals surface area contributed by atoms with Crippen molar-refractivity contribution in [2.75, 3.05) is 0 Å². The van der Waals surface area contributed by atoms with E-state index in [4.69, 9.17) is 9.68 Å². The maximum absolute atomic E-state index is 4.87. The van der Waals surface area contributed by atoms with Crippen LogP contribution in [0.1, 0.15) is 0 Å². The van der Waals surface area contributed by atoms with Gasteiger partial charge in [-0.2, -0.15) is 5.48 Å². The van der Waals surface area contributed by atoms with Gasteiger partial charge in [0.1, 0.15) is 12.5 Å². The van der Waals surface area contributed by atoms with Crippen molar-refractivity contribution in [2.45, 2.75) is 0 Å². The first kappa shape index (κ1) is 6.71. The lowest BCUT2D eigenvalue weighted by Gasteiger charge is -2.13. The summed E-state index contributed by atoms with van der Waals surface area (Å²) in [4.78, 5) is 17.4. The Morgan fingerprint density at radius 3 is 3.08 bits per heavy atom. The van der Waals surface area contributed by atoms with E-state index in [1.54, 1.807) is 0 Å². The molecule has 6 nitrogen and oxygen atoms in total. The van der Waals surface area contributed by atoms with E-state index < -0.39 is 0 Å². The van der Waals surface area contributed by atoms with Crippen LogP contribution in [0.2, 0.25) is 0 Å². The predicted molar refractivity (Wildman–Crippen MR) is 40.3 cm³/mol. The molecule has 0 amide bonds. The molecule has 0 saturated carbocycles. The number of nitrogens with one attached hydrogen (secondary N) is 2. The first-order valence-corrected chi connectivity index (χ1v) is 3.18. The van der Waals surface area contributed by atoms with Crippen LogP contribution in [-0.4, -0.2) is 11.7 Å². The Morgan fingerprint density at radius 2 is 2.42 bits per heavy atom. The second kappa shape index (κ2) is 2.95. The molecule has 0 aliphatic carbocycles. The highest BCUT2D eigenvalue weighted by molar-refractivity contribution is 6.38. The summed E-state index contributed by atoms with van der Waals surface area (Å²) in [5, 5.41) is 0. The van der Waals surface area contributed by atoms with Crippen molar-refractivity contribution in [2.24, 2.45) is 9.98 Å². The first-order valence-electron chi connectivity index (χ1n) is 3.18. The SMILES string of the molecule is [C]1=CN=C(C2=NC=CON2)ON1. The van der Waals surface area contributed by atoms with Gasteiger partial charge in [-0.25, -0.2) is 15.5 Å². The maximum atomic E-state index is 4.87. The molecule has 61 valence electrons. The van der Waals surface area contributed by atoms with Crippen LogP contribution in [0.3, 0.4) is 0 Å². The van der Waals surface area contributed by atoms with Crippen LogP contribution < -0.4 is 11.0 Å². The van der Waals surface area contributed by atoms with Crippen LogP contribution in [0.25, 0.3) is 0 Å². The smallest absolute Gasteiger partial charge is 0.291 e. The second-order valence-corrected chi connectivity index (χ2v) is 1.89. The Hall–Kier alpha value is -1.98. The number of amidine groups is 1. The highest BCUT2D eigenvalue weighted by atomic mass is 16.7. The van der Waals surface area contributed by atoms with E-state index in [0.717, 1.165) is 0 Å². The number of nitrogens with zero attached hydrogens (tertiary/aromatic N) is 2. The zero-order valence-corrected chi connectivity index (χ0v) is 5.94. The van der Waals surface area contributed by atoms with Crippen molar-refractivity contribution < 1.29 is 9.68 Å². The molecule has 0 atom stereocenters. The minimum Gasteiger partial charge on any atom is -0.387 e. The summed E-state index contributed by atoms with van der Waals surface area (Å²) >= 11 is 0. The molecule has 0 fully saturated rings. The van der Waals surface area contributed by atoms with Gasteiger partial charge in [-0.15, -0.1) is 0 Å². The normalized spacial score (nSPS) is 19.3. The molecule has 0 spiro atoms. The lowest BCUT2D eigenvalue weighted by Crippen LogP contribution is -2.36. The van der Waals surface area contributed by atoms with Gasteiger partial charge in [0.15, 0.2) is 0 Å². The number of hydrogen-bond donors (Lipinski definition) is 2. The van der Waals surface area contributed by atoms with Crippen LogP contribution in [0.4, 0.5) is 0 Å². The van der Waals surface area contributed by atoms with Gasteiger partial charge < -0.3 is 9.68 Å². The van der Waals surface area contributed by atoms with E-state index >= 15 is 0 Å². The van der Waals surface area contributed by atoms with Crippen LogP contribution in [0.15, 0.2) is 28.6 Å². The van der Waals surface area contributed by atoms with Crippen LogP contribution in [0.5, 0.6) is 0 Å². The zero-order valence-electron chi connectivity index (χ0n) is 5.94. The largest absolute Gasteiger partial charge is 0.387 e. The number of hydroxylamine groups is 2. The fourth-order valence-corrected chi connectivity index (χ4v) is 0.681. The molecule has 0 aromatic heterocycles. The zero-order chi connectivity index (χ0) is 8.23. The van der Waals surface area contributed by atoms with E-state index in [1.165, 1.54) is 18.7 Å². The summed E-state index contributed by atoms with van der Waals surface area (Å²) in [5.41, 5.74) is 4.90. The fraction of sp³-hybridized carbons (Fsp3) is 0. The molecule has 0 saturated heterocycles. The molecule has 0 unspecified atom stereocenters. The molecule has 2 N–H and O–H groups in total. The lowest BCUT2D eigenvalue weighted by molar-refractivity contribution is 0.180. The van der Waals surface area contributed by atoms with E-state index in [2.05, 4.69) is 27.1 Å². The molecule has 2 aliphatic heterocycles. The van der Waals surface area contributed by atoms with Gasteiger partial charge >= 0.3 is 0 Å². The molecule has 2 rings (SSSR count). The summed E-state index contributed by atoms with van der Waals surface area (Å²) in [6, 6.07) is 0. The molecule has 0 bridgehead atoms. The molecule has 0 aromatic rings. The van der Waals surface area contributed by atoms with E-state index in [-0.39, 0.29) is 0 Å². The van der Waals surface area contributed by atoms with Crippen LogP contribution in [0, 0.1) is 6.20 Å². The van der Waals surface area contributed by atoms with Crippen molar-refractivity contribution in [1.29, 1.82) is 0 Å². The minimum atomic E-state index is 0.304. The minimum absolute atomic E-state index is 0.304. The highest BCUT2D eigenvalue weighted by Crippen LogP contribution is 1.95. The van der Waals surface area contributed by atoms with Gasteiger partial charge in [0, 0.05) is 0 Å². The van der Waals surface area contributed by atoms with E-state index in [0.29, 0.717) is 11.7 Å². The lowest BCUT2D eigenvalue weighted by atomic mass is 10.5. The highest BCUT2D eigenvalue weighted by Gasteiger charge is 2.13. The summed E-state index contributed by atoms with van der Waals surface area (Å²) in [5.74, 6) is 0.709. The Morgan fingerprint density at radius 1 is 1.42 bits per heavy atom. The topological polar surface area (TPSA) is 67.2 Å². The third kappa shape index (κ3) is 1.22. The average molecular weight is 165 g/mol. The van der Waals surface area contributed by atoms with Crippen molar-refractivity contribution in [3.8, 4) is 0 Å². The first-order chi connectivity index (χ1) is 5.97. The van der Waals surface area contributed by atoms with E-state index in [9.17, 15) is 0 Å². The van der Waals surface area contributed by atoms with Crippen LogP contribution in [-0.2, 0) is 9.68 Å². The van der Waals surface area contributed by atoms with Crippen molar-refractivity contribution in [3.63, 3.8) is 0 Å². The quantitative estimate of drug-likeness (QED) is 0.554. The fourth-order valence-electron chi connectivity index (χ4n) is 0.681. The summed E-state index contributed by atoms with van der Waals surface area (Å²) in [6.45, 7) is 0. The standard InChI is InChI=1S/C6H5N4O2/c1-2-9-12-6(8-1)5-7-3-4-11-10-5/h1,3-4,9H,(H,7,10). The summed E-state index contributed by atoms with van der Waals surface area (Å²) in [6.07, 6.45) is 6.85. The number of aliphatic imine (C=N–C) groups is 2. The Bertz CT molecular complexity index is 262. The molecule has 6 heteroatoms. The molecular weight excluding hydrogens is 160 g/mol. The van der Waals surface area contributed by atoms with E-state index in [1.807, 2.05) is 0 Å². The van der Waals surface area contributed by atoms with Gasteiger partial charge in [-0.1, -0.05) is 0 Å². The number of rotatable bonds is 1. The molecule has 2 heterocycles. The van der Waals surface area contributed by atoms with Gasteiger partial charge in [-0.3, -0.25) is 0 Å². The summed E-state index contributed by atoms with van der Waals surface area (Å²) < 4.78 is 0. The number of hydrogen-bond acceptors (Lipinski definition) is 6. The molecular formula is C6H5N4O2. The van der Waals surface area contributed by atoms with Gasteiger partial charge in [0.2, 0.25) is 5.84 Å². The van der Waals surface area contributed by atoms with Gasteiger partial charge in [0.05, 0.1) is 12.4 Å². The Labute approximate surface area is 68.2 Å². The van der Waals surface area contributed by atoms with Crippen molar-refractivity contribution in [1.82, 2.24) is 11.0 Å².